The number of hydrogen-bond donors (Lipinski definition) is 1. The number of carbonyl (C=O) groups is 2. The number of halogens is 2. The smallest absolute Gasteiger partial charge is 0.264 e. The first-order chi connectivity index (χ1) is 8.00. The molecule has 0 radical (unpaired) electrons. The van der Waals surface area contributed by atoms with Crippen LogP contribution in [0.4, 0.5) is 0 Å². The number of nitrogens with zero attached hydrogens (tertiary/aromatic N) is 1. The zero-order chi connectivity index (χ0) is 12.6. The second-order valence-corrected chi connectivity index (χ2v) is 6.92. The molecule has 1 fully saturated rings. The molecule has 1 aromatic rings. The SMILES string of the molecule is CC1C(=O)NCCN1C(=O)c1cc(Br)c(Br)s1. The van der Waals surface area contributed by atoms with E-state index in [4.69, 9.17) is 0 Å². The van der Waals surface area contributed by atoms with E-state index in [0.29, 0.717) is 18.0 Å². The largest absolute Gasteiger partial charge is 0.353 e. The van der Waals surface area contributed by atoms with Crippen LogP contribution < -0.4 is 5.32 Å². The van der Waals surface area contributed by atoms with Crippen molar-refractivity contribution in [1.82, 2.24) is 10.2 Å². The van der Waals surface area contributed by atoms with E-state index in [9.17, 15) is 9.59 Å². The van der Waals surface area contributed by atoms with Crippen LogP contribution in [0.5, 0.6) is 0 Å². The van der Waals surface area contributed by atoms with Gasteiger partial charge in [0.1, 0.15) is 6.04 Å². The minimum absolute atomic E-state index is 0.0937. The molecule has 2 heterocycles. The van der Waals surface area contributed by atoms with E-state index in [1.807, 2.05) is 0 Å². The molecule has 1 saturated heterocycles. The molecule has 4 nitrogen and oxygen atoms in total. The first-order valence-corrected chi connectivity index (χ1v) is 7.44. The second kappa shape index (κ2) is 5.07. The summed E-state index contributed by atoms with van der Waals surface area (Å²) in [6, 6.07) is 1.37. The lowest BCUT2D eigenvalue weighted by molar-refractivity contribution is -0.127. The summed E-state index contributed by atoms with van der Waals surface area (Å²) in [5.41, 5.74) is 0. The van der Waals surface area contributed by atoms with Crippen molar-refractivity contribution in [2.75, 3.05) is 13.1 Å². The molecule has 0 aliphatic carbocycles. The van der Waals surface area contributed by atoms with Gasteiger partial charge >= 0.3 is 0 Å². The Hall–Kier alpha value is -0.400. The third-order valence-corrected chi connectivity index (χ3v) is 5.86. The minimum atomic E-state index is -0.407. The number of amides is 2. The van der Waals surface area contributed by atoms with Crippen molar-refractivity contribution in [2.45, 2.75) is 13.0 Å². The lowest BCUT2D eigenvalue weighted by Gasteiger charge is -2.32. The van der Waals surface area contributed by atoms with Crippen molar-refractivity contribution in [1.29, 1.82) is 0 Å². The Balaban J connectivity index is 2.22. The predicted octanol–water partition coefficient (Wildman–Crippen LogP) is 2.23. The third kappa shape index (κ3) is 2.56. The van der Waals surface area contributed by atoms with Gasteiger partial charge in [0.25, 0.3) is 5.91 Å². The molecule has 2 rings (SSSR count). The molecule has 0 saturated carbocycles. The van der Waals surface area contributed by atoms with Crippen molar-refractivity contribution in [3.63, 3.8) is 0 Å². The number of carbonyl (C=O) groups excluding carboxylic acids is 2. The number of rotatable bonds is 1. The summed E-state index contributed by atoms with van der Waals surface area (Å²) in [7, 11) is 0. The molecule has 0 aromatic carbocycles. The lowest BCUT2D eigenvalue weighted by Crippen LogP contribution is -2.55. The van der Waals surface area contributed by atoms with E-state index in [2.05, 4.69) is 37.2 Å². The Bertz CT molecular complexity index is 455. The second-order valence-electron chi connectivity index (χ2n) is 3.70. The zero-order valence-electron chi connectivity index (χ0n) is 9.00. The van der Waals surface area contributed by atoms with Crippen molar-refractivity contribution < 1.29 is 9.59 Å². The van der Waals surface area contributed by atoms with E-state index in [1.165, 1.54) is 11.3 Å². The van der Waals surface area contributed by atoms with E-state index in [-0.39, 0.29) is 11.8 Å². The number of hydrogen-bond acceptors (Lipinski definition) is 3. The fourth-order valence-electron chi connectivity index (χ4n) is 1.65. The summed E-state index contributed by atoms with van der Waals surface area (Å²) in [5.74, 6) is -0.192. The molecule has 92 valence electrons. The monoisotopic (exact) mass is 380 g/mol. The van der Waals surface area contributed by atoms with Crippen LogP contribution >= 0.6 is 43.2 Å². The standard InChI is InChI=1S/C10H10Br2N2O2S/c1-5-9(15)13-2-3-14(5)10(16)7-4-6(11)8(12)17-7/h4-5H,2-3H2,1H3,(H,13,15). The first kappa shape index (κ1) is 13.0. The average Bonchev–Trinajstić information content (AvgIpc) is 2.62. The molecule has 1 N–H and O–H groups in total. The normalized spacial score (nSPS) is 20.3. The highest BCUT2D eigenvalue weighted by atomic mass is 79.9. The molecule has 1 aliphatic rings. The number of nitrogens with one attached hydrogen (secondary N) is 1. The van der Waals surface area contributed by atoms with E-state index < -0.39 is 6.04 Å². The van der Waals surface area contributed by atoms with Crippen LogP contribution in [-0.4, -0.2) is 35.8 Å². The van der Waals surface area contributed by atoms with Gasteiger partial charge in [0.15, 0.2) is 0 Å². The number of thiophene rings is 1. The van der Waals surface area contributed by atoms with Crippen molar-refractivity contribution in [3.05, 3.63) is 19.2 Å². The Morgan fingerprint density at radius 1 is 1.59 bits per heavy atom. The zero-order valence-corrected chi connectivity index (χ0v) is 13.0. The molecular weight excluding hydrogens is 372 g/mol. The Labute approximate surface area is 120 Å². The molecule has 1 atom stereocenters. The predicted molar refractivity (Wildman–Crippen MR) is 73.2 cm³/mol. The Morgan fingerprint density at radius 2 is 2.29 bits per heavy atom. The summed E-state index contributed by atoms with van der Waals surface area (Å²) >= 11 is 8.07. The van der Waals surface area contributed by atoms with Gasteiger partial charge in [-0.2, -0.15) is 0 Å². The fraction of sp³-hybridized carbons (Fsp3) is 0.400. The van der Waals surface area contributed by atoms with Crippen LogP contribution in [0.15, 0.2) is 14.3 Å². The van der Waals surface area contributed by atoms with Crippen LogP contribution in [0.25, 0.3) is 0 Å². The molecule has 17 heavy (non-hydrogen) atoms. The maximum absolute atomic E-state index is 12.2. The van der Waals surface area contributed by atoms with Crippen LogP contribution in [0.2, 0.25) is 0 Å². The van der Waals surface area contributed by atoms with Gasteiger partial charge < -0.3 is 10.2 Å². The summed E-state index contributed by atoms with van der Waals surface area (Å²) in [4.78, 5) is 26.0. The van der Waals surface area contributed by atoms with Gasteiger partial charge in [0, 0.05) is 17.6 Å². The quantitative estimate of drug-likeness (QED) is 0.810. The van der Waals surface area contributed by atoms with Crippen LogP contribution in [0.1, 0.15) is 16.6 Å². The molecule has 1 aromatic heterocycles. The molecule has 7 heteroatoms. The Morgan fingerprint density at radius 3 is 2.88 bits per heavy atom. The molecule has 2 amide bonds. The minimum Gasteiger partial charge on any atom is -0.353 e. The molecule has 0 spiro atoms. The van der Waals surface area contributed by atoms with Gasteiger partial charge in [0.2, 0.25) is 5.91 Å². The van der Waals surface area contributed by atoms with Gasteiger partial charge in [0.05, 0.1) is 8.66 Å². The van der Waals surface area contributed by atoms with Gasteiger partial charge in [-0.3, -0.25) is 9.59 Å². The van der Waals surface area contributed by atoms with Crippen molar-refractivity contribution >= 4 is 55.0 Å². The molecule has 1 aliphatic heterocycles. The highest BCUT2D eigenvalue weighted by Crippen LogP contribution is 2.33. The summed E-state index contributed by atoms with van der Waals surface area (Å²) in [6.07, 6.45) is 0. The van der Waals surface area contributed by atoms with Crippen LogP contribution in [0, 0.1) is 0 Å². The molecular formula is C10H10Br2N2O2S. The van der Waals surface area contributed by atoms with Gasteiger partial charge in [-0.25, -0.2) is 0 Å². The maximum Gasteiger partial charge on any atom is 0.264 e. The van der Waals surface area contributed by atoms with Crippen LogP contribution in [0.3, 0.4) is 0 Å². The van der Waals surface area contributed by atoms with E-state index >= 15 is 0 Å². The van der Waals surface area contributed by atoms with Crippen molar-refractivity contribution in [3.8, 4) is 0 Å². The summed E-state index contributed by atoms with van der Waals surface area (Å²) in [5, 5.41) is 2.74. The van der Waals surface area contributed by atoms with Crippen LogP contribution in [-0.2, 0) is 4.79 Å². The maximum atomic E-state index is 12.2. The van der Waals surface area contributed by atoms with Gasteiger partial charge in [-0.15, -0.1) is 11.3 Å². The van der Waals surface area contributed by atoms with Gasteiger partial charge in [-0.1, -0.05) is 0 Å². The Kier molecular flexibility index (Phi) is 3.89. The average molecular weight is 382 g/mol. The van der Waals surface area contributed by atoms with E-state index in [0.717, 1.165) is 8.26 Å². The third-order valence-electron chi connectivity index (χ3n) is 2.62. The first-order valence-electron chi connectivity index (χ1n) is 5.04. The summed E-state index contributed by atoms with van der Waals surface area (Å²) < 4.78 is 1.75. The molecule has 0 bridgehead atoms. The molecule has 1 unspecified atom stereocenters. The topological polar surface area (TPSA) is 49.4 Å². The van der Waals surface area contributed by atoms with Crippen molar-refractivity contribution in [2.24, 2.45) is 0 Å². The number of piperazine rings is 1. The summed E-state index contributed by atoms with van der Waals surface area (Å²) in [6.45, 7) is 2.81. The highest BCUT2D eigenvalue weighted by molar-refractivity contribution is 9.13. The fourth-order valence-corrected chi connectivity index (χ4v) is 3.65. The van der Waals surface area contributed by atoms with Gasteiger partial charge in [-0.05, 0) is 44.8 Å². The van der Waals surface area contributed by atoms with E-state index in [1.54, 1.807) is 17.9 Å². The highest BCUT2D eigenvalue weighted by Gasteiger charge is 2.30. The lowest BCUT2D eigenvalue weighted by atomic mass is 10.2.